The molecule has 0 fully saturated rings. The lowest BCUT2D eigenvalue weighted by molar-refractivity contribution is 0.340. The van der Waals surface area contributed by atoms with Crippen LogP contribution in [0.25, 0.3) is 0 Å². The summed E-state index contributed by atoms with van der Waals surface area (Å²) in [7, 11) is 0. The Bertz CT molecular complexity index is 582. The highest BCUT2D eigenvalue weighted by Crippen LogP contribution is 2.35. The zero-order valence-electron chi connectivity index (χ0n) is 12.8. The van der Waals surface area contributed by atoms with Gasteiger partial charge in [-0.3, -0.25) is 0 Å². The van der Waals surface area contributed by atoms with Crippen molar-refractivity contribution in [3.05, 3.63) is 50.1 Å². The first-order valence-corrected chi connectivity index (χ1v) is 9.10. The van der Waals surface area contributed by atoms with Crippen molar-refractivity contribution >= 4 is 27.3 Å². The fraction of sp³-hybridized carbons (Fsp3) is 0.412. The van der Waals surface area contributed by atoms with E-state index in [4.69, 9.17) is 4.74 Å². The van der Waals surface area contributed by atoms with Gasteiger partial charge in [0.05, 0.1) is 12.6 Å². The first kappa shape index (κ1) is 16.5. The van der Waals surface area contributed by atoms with Crippen LogP contribution in [0.4, 0.5) is 0 Å². The summed E-state index contributed by atoms with van der Waals surface area (Å²) >= 11 is 5.53. The zero-order chi connectivity index (χ0) is 15.2. The average molecular weight is 368 g/mol. The highest BCUT2D eigenvalue weighted by molar-refractivity contribution is 9.10. The molecule has 0 saturated heterocycles. The topological polar surface area (TPSA) is 21.3 Å². The highest BCUT2D eigenvalue weighted by Gasteiger charge is 2.20. The van der Waals surface area contributed by atoms with Crippen LogP contribution in [0.1, 0.15) is 42.8 Å². The van der Waals surface area contributed by atoms with Crippen molar-refractivity contribution in [3.63, 3.8) is 0 Å². The number of halogens is 1. The second-order valence-corrected chi connectivity index (χ2v) is 6.57. The van der Waals surface area contributed by atoms with Crippen LogP contribution in [0.3, 0.4) is 0 Å². The predicted octanol–water partition coefficient (Wildman–Crippen LogP) is 5.17. The summed E-state index contributed by atoms with van der Waals surface area (Å²) < 4.78 is 6.66. The lowest BCUT2D eigenvalue weighted by atomic mass is 10.0. The van der Waals surface area contributed by atoms with Gasteiger partial charge >= 0.3 is 0 Å². The third kappa shape index (κ3) is 3.87. The Morgan fingerprint density at radius 3 is 2.67 bits per heavy atom. The quantitative estimate of drug-likeness (QED) is 0.728. The van der Waals surface area contributed by atoms with Gasteiger partial charge in [-0.25, -0.2) is 0 Å². The Kier molecular flexibility index (Phi) is 6.27. The van der Waals surface area contributed by atoms with Crippen LogP contribution < -0.4 is 10.1 Å². The van der Waals surface area contributed by atoms with E-state index in [1.54, 1.807) is 0 Å². The van der Waals surface area contributed by atoms with Gasteiger partial charge in [-0.15, -0.1) is 11.3 Å². The molecular weight excluding hydrogens is 346 g/mol. The molecule has 1 unspecified atom stereocenters. The molecule has 0 radical (unpaired) electrons. The number of aryl methyl sites for hydroxylation is 1. The van der Waals surface area contributed by atoms with E-state index in [2.05, 4.69) is 58.7 Å². The molecule has 0 aliphatic carbocycles. The van der Waals surface area contributed by atoms with Crippen molar-refractivity contribution in [2.45, 2.75) is 33.2 Å². The second-order valence-electron chi connectivity index (χ2n) is 4.77. The molecule has 21 heavy (non-hydrogen) atoms. The monoisotopic (exact) mass is 367 g/mol. The van der Waals surface area contributed by atoms with E-state index < -0.39 is 0 Å². The van der Waals surface area contributed by atoms with Crippen LogP contribution in [0.15, 0.2) is 34.1 Å². The van der Waals surface area contributed by atoms with Crippen LogP contribution >= 0.6 is 27.3 Å². The minimum atomic E-state index is 0.231. The Morgan fingerprint density at radius 2 is 2.05 bits per heavy atom. The van der Waals surface area contributed by atoms with Gasteiger partial charge in [-0.2, -0.15) is 0 Å². The smallest absolute Gasteiger partial charge is 0.120 e. The van der Waals surface area contributed by atoms with Crippen LogP contribution in [-0.4, -0.2) is 13.2 Å². The van der Waals surface area contributed by atoms with Crippen molar-refractivity contribution in [3.8, 4) is 5.75 Å². The summed E-state index contributed by atoms with van der Waals surface area (Å²) in [6.45, 7) is 7.98. The molecule has 1 N–H and O–H groups in total. The van der Waals surface area contributed by atoms with E-state index >= 15 is 0 Å². The predicted molar refractivity (Wildman–Crippen MR) is 94.5 cm³/mol. The van der Waals surface area contributed by atoms with Crippen molar-refractivity contribution in [1.29, 1.82) is 0 Å². The van der Waals surface area contributed by atoms with E-state index in [9.17, 15) is 0 Å². The molecule has 1 aromatic carbocycles. The maximum Gasteiger partial charge on any atom is 0.120 e. The molecule has 0 aliphatic rings. The maximum atomic E-state index is 5.57. The van der Waals surface area contributed by atoms with Gasteiger partial charge < -0.3 is 10.1 Å². The SMILES string of the molecule is CCNC(c1ccc(OCC)cc1Br)c1sccc1CC. The van der Waals surface area contributed by atoms with Crippen LogP contribution in [-0.2, 0) is 6.42 Å². The molecule has 2 aromatic rings. The standard InChI is InChI=1S/C17H22BrNOS/c1-4-12-9-10-21-17(12)16(19-5-2)14-8-7-13(20-6-3)11-15(14)18/h7-11,16,19H,4-6H2,1-3H3. The summed E-state index contributed by atoms with van der Waals surface area (Å²) in [4.78, 5) is 1.41. The molecule has 0 saturated carbocycles. The van der Waals surface area contributed by atoms with Crippen molar-refractivity contribution in [2.24, 2.45) is 0 Å². The molecule has 114 valence electrons. The summed E-state index contributed by atoms with van der Waals surface area (Å²) in [5, 5.41) is 5.79. The second kappa shape index (κ2) is 7.97. The lowest BCUT2D eigenvalue weighted by Crippen LogP contribution is -2.22. The number of nitrogens with one attached hydrogen (secondary N) is 1. The van der Waals surface area contributed by atoms with Gasteiger partial charge in [0, 0.05) is 9.35 Å². The molecule has 4 heteroatoms. The summed E-state index contributed by atoms with van der Waals surface area (Å²) in [5.74, 6) is 0.908. The van der Waals surface area contributed by atoms with Crippen LogP contribution in [0.5, 0.6) is 5.75 Å². The number of benzene rings is 1. The van der Waals surface area contributed by atoms with E-state index in [-0.39, 0.29) is 6.04 Å². The molecule has 2 rings (SSSR count). The van der Waals surface area contributed by atoms with E-state index in [0.717, 1.165) is 23.2 Å². The molecule has 2 nitrogen and oxygen atoms in total. The molecule has 1 atom stereocenters. The first-order valence-electron chi connectivity index (χ1n) is 7.43. The van der Waals surface area contributed by atoms with Crippen molar-refractivity contribution in [2.75, 3.05) is 13.2 Å². The molecule has 1 aromatic heterocycles. The van der Waals surface area contributed by atoms with Gasteiger partial charge in [0.15, 0.2) is 0 Å². The summed E-state index contributed by atoms with van der Waals surface area (Å²) in [6, 6.07) is 8.72. The Balaban J connectivity index is 2.38. The van der Waals surface area contributed by atoms with Crippen molar-refractivity contribution < 1.29 is 4.74 Å². The minimum Gasteiger partial charge on any atom is -0.494 e. The number of ether oxygens (including phenoxy) is 1. The van der Waals surface area contributed by atoms with Gasteiger partial charge in [-0.05, 0) is 54.6 Å². The van der Waals surface area contributed by atoms with Crippen LogP contribution in [0, 0.1) is 0 Å². The third-order valence-electron chi connectivity index (χ3n) is 3.43. The molecule has 1 heterocycles. The van der Waals surface area contributed by atoms with Gasteiger partial charge in [0.1, 0.15) is 5.75 Å². The Labute approximate surface area is 139 Å². The fourth-order valence-corrected chi connectivity index (χ4v) is 4.11. The Hall–Kier alpha value is -0.840. The van der Waals surface area contributed by atoms with Gasteiger partial charge in [-0.1, -0.05) is 35.8 Å². The summed E-state index contributed by atoms with van der Waals surface area (Å²) in [5.41, 5.74) is 2.68. The molecule has 0 amide bonds. The molecule has 0 spiro atoms. The van der Waals surface area contributed by atoms with E-state index in [1.165, 1.54) is 16.0 Å². The minimum absolute atomic E-state index is 0.231. The molecule has 0 aliphatic heterocycles. The normalized spacial score (nSPS) is 12.4. The average Bonchev–Trinajstić information content (AvgIpc) is 2.94. The van der Waals surface area contributed by atoms with Crippen LogP contribution in [0.2, 0.25) is 0 Å². The molecule has 0 bridgehead atoms. The largest absolute Gasteiger partial charge is 0.494 e. The first-order chi connectivity index (χ1) is 10.2. The number of hydrogen-bond donors (Lipinski definition) is 1. The number of thiophene rings is 1. The number of rotatable bonds is 7. The fourth-order valence-electron chi connectivity index (χ4n) is 2.44. The van der Waals surface area contributed by atoms with Gasteiger partial charge in [0.2, 0.25) is 0 Å². The lowest BCUT2D eigenvalue weighted by Gasteiger charge is -2.21. The summed E-state index contributed by atoms with van der Waals surface area (Å²) in [6.07, 6.45) is 1.06. The van der Waals surface area contributed by atoms with Crippen molar-refractivity contribution in [1.82, 2.24) is 5.32 Å². The highest BCUT2D eigenvalue weighted by atomic mass is 79.9. The van der Waals surface area contributed by atoms with E-state index in [0.29, 0.717) is 6.61 Å². The third-order valence-corrected chi connectivity index (χ3v) is 5.14. The Morgan fingerprint density at radius 1 is 1.24 bits per heavy atom. The maximum absolute atomic E-state index is 5.57. The van der Waals surface area contributed by atoms with E-state index in [1.807, 2.05) is 24.3 Å². The number of hydrogen-bond acceptors (Lipinski definition) is 3. The molecular formula is C17H22BrNOS. The van der Waals surface area contributed by atoms with Gasteiger partial charge in [0.25, 0.3) is 0 Å². The zero-order valence-corrected chi connectivity index (χ0v) is 15.2.